The van der Waals surface area contributed by atoms with Crippen molar-refractivity contribution in [2.45, 2.75) is 18.4 Å². The minimum Gasteiger partial charge on any atom is -0.324 e. The fraction of sp³-hybridized carbons (Fsp3) is 0.200. The van der Waals surface area contributed by atoms with Crippen LogP contribution in [0.3, 0.4) is 0 Å². The van der Waals surface area contributed by atoms with Gasteiger partial charge in [-0.15, -0.1) is 11.8 Å². The van der Waals surface area contributed by atoms with Crippen LogP contribution in [0.5, 0.6) is 0 Å². The molecule has 3 rings (SSSR count). The van der Waals surface area contributed by atoms with Gasteiger partial charge in [-0.25, -0.2) is 4.98 Å². The van der Waals surface area contributed by atoms with Crippen molar-refractivity contribution in [2.75, 3.05) is 11.1 Å². The van der Waals surface area contributed by atoms with Gasteiger partial charge >= 0.3 is 0 Å². The molecule has 0 saturated carbocycles. The molecule has 1 heterocycles. The molecule has 0 bridgehead atoms. The molecule has 1 N–H and O–H groups in total. The lowest BCUT2D eigenvalue weighted by atomic mass is 10.2. The van der Waals surface area contributed by atoms with Crippen molar-refractivity contribution in [3.8, 4) is 6.07 Å². The number of nitrogens with zero attached hydrogens (tertiary/aromatic N) is 3. The van der Waals surface area contributed by atoms with E-state index >= 15 is 0 Å². The number of nitrogens with one attached hydrogen (secondary N) is 1. The first-order valence-electron chi connectivity index (χ1n) is 8.44. The smallest absolute Gasteiger partial charge is 0.261 e. The summed E-state index contributed by atoms with van der Waals surface area (Å²) in [7, 11) is 0. The van der Waals surface area contributed by atoms with Crippen LogP contribution in [0.2, 0.25) is 0 Å². The second-order valence-electron chi connectivity index (χ2n) is 6.08. The highest BCUT2D eigenvalue weighted by Gasteiger charge is 2.11. The quantitative estimate of drug-likeness (QED) is 0.665. The lowest BCUT2D eigenvalue weighted by Gasteiger charge is -2.12. The zero-order chi connectivity index (χ0) is 19.2. The fourth-order valence-corrected chi connectivity index (χ4v) is 3.46. The van der Waals surface area contributed by atoms with Crippen LogP contribution < -0.4 is 10.9 Å². The van der Waals surface area contributed by atoms with Crippen LogP contribution in [0.4, 0.5) is 5.69 Å². The Bertz CT molecular complexity index is 1070. The Morgan fingerprint density at radius 2 is 2.00 bits per heavy atom. The standard InChI is InChI=1S/C20H18N4O2S/c1-14(10-21)12-27-18-9-5-4-8-17(18)23-19(25)11-24-13-22-16-7-3-2-6-15(16)20(24)26/h2-9,13-14H,11-12H2,1H3,(H,23,25). The highest BCUT2D eigenvalue weighted by Crippen LogP contribution is 2.28. The van der Waals surface area contributed by atoms with E-state index in [1.54, 1.807) is 24.3 Å². The molecule has 1 atom stereocenters. The summed E-state index contributed by atoms with van der Waals surface area (Å²) >= 11 is 1.51. The van der Waals surface area contributed by atoms with Gasteiger partial charge < -0.3 is 5.32 Å². The van der Waals surface area contributed by atoms with Gasteiger partial charge in [0, 0.05) is 10.6 Å². The number of fused-ring (bicyclic) bond motifs is 1. The van der Waals surface area contributed by atoms with Crippen LogP contribution in [0.15, 0.2) is 64.5 Å². The molecular formula is C20H18N4O2S. The van der Waals surface area contributed by atoms with Gasteiger partial charge in [0.05, 0.1) is 34.9 Å². The third-order valence-corrected chi connectivity index (χ3v) is 5.25. The molecule has 1 amide bonds. The monoisotopic (exact) mass is 378 g/mol. The number of rotatable bonds is 6. The number of hydrogen-bond acceptors (Lipinski definition) is 5. The average Bonchev–Trinajstić information content (AvgIpc) is 2.69. The summed E-state index contributed by atoms with van der Waals surface area (Å²) in [5, 5.41) is 12.2. The number of para-hydroxylation sites is 2. The Morgan fingerprint density at radius 3 is 2.81 bits per heavy atom. The molecule has 7 heteroatoms. The highest BCUT2D eigenvalue weighted by atomic mass is 32.2. The fourth-order valence-electron chi connectivity index (χ4n) is 2.51. The predicted molar refractivity (Wildman–Crippen MR) is 107 cm³/mol. The Labute approximate surface area is 160 Å². The van der Waals surface area contributed by atoms with Gasteiger partial charge in [0.25, 0.3) is 5.56 Å². The summed E-state index contributed by atoms with van der Waals surface area (Å²) < 4.78 is 1.30. The number of carbonyl (C=O) groups is 1. The van der Waals surface area contributed by atoms with Gasteiger partial charge in [-0.3, -0.25) is 14.2 Å². The van der Waals surface area contributed by atoms with Crippen LogP contribution in [0.1, 0.15) is 6.92 Å². The van der Waals surface area contributed by atoms with Crippen LogP contribution in [0, 0.1) is 17.2 Å². The molecule has 6 nitrogen and oxygen atoms in total. The van der Waals surface area contributed by atoms with Crippen molar-refractivity contribution >= 4 is 34.3 Å². The van der Waals surface area contributed by atoms with E-state index in [0.717, 1.165) is 4.90 Å². The molecule has 0 saturated heterocycles. The molecule has 2 aromatic carbocycles. The molecule has 136 valence electrons. The van der Waals surface area contributed by atoms with Gasteiger partial charge in [0.2, 0.25) is 5.91 Å². The normalized spacial score (nSPS) is 11.7. The Kier molecular flexibility index (Phi) is 5.89. The van der Waals surface area contributed by atoms with Crippen molar-refractivity contribution in [3.05, 3.63) is 65.2 Å². The number of aromatic nitrogens is 2. The summed E-state index contributed by atoms with van der Waals surface area (Å²) in [6, 6.07) is 16.6. The minimum atomic E-state index is -0.310. The van der Waals surface area contributed by atoms with E-state index in [2.05, 4.69) is 16.4 Å². The van der Waals surface area contributed by atoms with Crippen molar-refractivity contribution in [2.24, 2.45) is 5.92 Å². The van der Waals surface area contributed by atoms with E-state index < -0.39 is 0 Å². The number of amides is 1. The lowest BCUT2D eigenvalue weighted by Crippen LogP contribution is -2.28. The summed E-state index contributed by atoms with van der Waals surface area (Å²) in [5.74, 6) is 0.244. The average molecular weight is 378 g/mol. The molecule has 0 spiro atoms. The number of nitriles is 1. The molecule has 1 unspecified atom stereocenters. The first kappa shape index (κ1) is 18.7. The maximum atomic E-state index is 12.5. The summed E-state index contributed by atoms with van der Waals surface area (Å²) in [6.07, 6.45) is 1.39. The number of carbonyl (C=O) groups excluding carboxylic acids is 1. The predicted octanol–water partition coefficient (Wildman–Crippen LogP) is 3.29. The number of hydrogen-bond donors (Lipinski definition) is 1. The first-order chi connectivity index (χ1) is 13.1. The van der Waals surface area contributed by atoms with Gasteiger partial charge in [0.1, 0.15) is 6.54 Å². The SMILES string of the molecule is CC(C#N)CSc1ccccc1NC(=O)Cn1cnc2ccccc2c1=O. The topological polar surface area (TPSA) is 87.8 Å². The van der Waals surface area contributed by atoms with Crippen molar-refractivity contribution in [1.82, 2.24) is 9.55 Å². The molecule has 0 aliphatic heterocycles. The summed E-state index contributed by atoms with van der Waals surface area (Å²) in [6.45, 7) is 1.73. The van der Waals surface area contributed by atoms with E-state index in [0.29, 0.717) is 22.3 Å². The molecule has 0 radical (unpaired) electrons. The van der Waals surface area contributed by atoms with Gasteiger partial charge in [0.15, 0.2) is 0 Å². The molecule has 1 aromatic heterocycles. The van der Waals surface area contributed by atoms with Crippen LogP contribution in [-0.2, 0) is 11.3 Å². The minimum absolute atomic E-state index is 0.0824. The largest absolute Gasteiger partial charge is 0.324 e. The maximum absolute atomic E-state index is 12.5. The summed E-state index contributed by atoms with van der Waals surface area (Å²) in [4.78, 5) is 30.1. The van der Waals surface area contributed by atoms with Crippen molar-refractivity contribution in [3.63, 3.8) is 0 Å². The van der Waals surface area contributed by atoms with Gasteiger partial charge in [-0.05, 0) is 31.2 Å². The molecule has 0 aliphatic carbocycles. The van der Waals surface area contributed by atoms with Crippen molar-refractivity contribution in [1.29, 1.82) is 5.26 Å². The van der Waals surface area contributed by atoms with E-state index in [4.69, 9.17) is 5.26 Å². The number of thioether (sulfide) groups is 1. The molecule has 0 aliphatic rings. The Morgan fingerprint density at radius 1 is 1.26 bits per heavy atom. The maximum Gasteiger partial charge on any atom is 0.261 e. The van der Waals surface area contributed by atoms with Gasteiger partial charge in [-0.2, -0.15) is 5.26 Å². The third kappa shape index (κ3) is 4.54. The second-order valence-corrected chi connectivity index (χ2v) is 7.14. The molecular weight excluding hydrogens is 360 g/mol. The molecule has 0 fully saturated rings. The third-order valence-electron chi connectivity index (χ3n) is 3.92. The highest BCUT2D eigenvalue weighted by molar-refractivity contribution is 7.99. The summed E-state index contributed by atoms with van der Waals surface area (Å²) in [5.41, 5.74) is 1.02. The number of benzene rings is 2. The zero-order valence-corrected chi connectivity index (χ0v) is 15.6. The lowest BCUT2D eigenvalue weighted by molar-refractivity contribution is -0.116. The van der Waals surface area contributed by atoms with E-state index in [-0.39, 0.29) is 23.9 Å². The Balaban J connectivity index is 1.74. The molecule has 3 aromatic rings. The van der Waals surface area contributed by atoms with Crippen molar-refractivity contribution < 1.29 is 4.79 Å². The van der Waals surface area contributed by atoms with Crippen LogP contribution in [0.25, 0.3) is 10.9 Å². The van der Waals surface area contributed by atoms with E-state index in [9.17, 15) is 9.59 Å². The number of anilines is 1. The van der Waals surface area contributed by atoms with E-state index in [1.807, 2.05) is 31.2 Å². The first-order valence-corrected chi connectivity index (χ1v) is 9.42. The van der Waals surface area contributed by atoms with E-state index in [1.165, 1.54) is 22.7 Å². The molecule has 27 heavy (non-hydrogen) atoms. The van der Waals surface area contributed by atoms with Crippen LogP contribution >= 0.6 is 11.8 Å². The van der Waals surface area contributed by atoms with Crippen LogP contribution in [-0.4, -0.2) is 21.2 Å². The van der Waals surface area contributed by atoms with Gasteiger partial charge in [-0.1, -0.05) is 24.3 Å². The second kappa shape index (κ2) is 8.52. The Hall–Kier alpha value is -3.11. The zero-order valence-electron chi connectivity index (χ0n) is 14.8.